The number of furan rings is 1. The van der Waals surface area contributed by atoms with Gasteiger partial charge >= 0.3 is 0 Å². The smallest absolute Gasteiger partial charge is 0.118 e. The van der Waals surface area contributed by atoms with Crippen LogP contribution in [0.5, 0.6) is 0 Å². The molecule has 0 spiro atoms. The molecular formula is C13H22N2O. The van der Waals surface area contributed by atoms with Crippen molar-refractivity contribution < 1.29 is 4.42 Å². The van der Waals surface area contributed by atoms with E-state index in [4.69, 9.17) is 4.42 Å². The monoisotopic (exact) mass is 222 g/mol. The maximum absolute atomic E-state index is 5.65. The molecule has 2 atom stereocenters. The van der Waals surface area contributed by atoms with Crippen LogP contribution in [0.2, 0.25) is 0 Å². The Morgan fingerprint density at radius 3 is 2.94 bits per heavy atom. The molecule has 0 aromatic carbocycles. The Morgan fingerprint density at radius 1 is 1.50 bits per heavy atom. The van der Waals surface area contributed by atoms with E-state index in [-0.39, 0.29) is 0 Å². The Kier molecular flexibility index (Phi) is 3.66. The van der Waals surface area contributed by atoms with Gasteiger partial charge in [0.25, 0.3) is 0 Å². The molecule has 0 aliphatic carbocycles. The minimum Gasteiger partial charge on any atom is -0.465 e. The van der Waals surface area contributed by atoms with Crippen LogP contribution in [-0.4, -0.2) is 30.1 Å². The van der Waals surface area contributed by atoms with E-state index in [9.17, 15) is 0 Å². The largest absolute Gasteiger partial charge is 0.465 e. The van der Waals surface area contributed by atoms with Gasteiger partial charge in [0, 0.05) is 25.2 Å². The Labute approximate surface area is 97.8 Å². The number of aryl methyl sites for hydroxylation is 1. The first-order chi connectivity index (χ1) is 7.69. The molecule has 0 radical (unpaired) electrons. The summed E-state index contributed by atoms with van der Waals surface area (Å²) in [5.74, 6) is 2.09. The van der Waals surface area contributed by atoms with Crippen LogP contribution in [-0.2, 0) is 6.54 Å². The number of nitrogens with zero attached hydrogens (tertiary/aromatic N) is 1. The minimum atomic E-state index is 0.582. The lowest BCUT2D eigenvalue weighted by Crippen LogP contribution is -2.54. The molecule has 1 aromatic rings. The highest BCUT2D eigenvalue weighted by molar-refractivity contribution is 5.06. The summed E-state index contributed by atoms with van der Waals surface area (Å²) in [6, 6.07) is 5.36. The first-order valence-electron chi connectivity index (χ1n) is 6.21. The zero-order valence-corrected chi connectivity index (χ0v) is 10.5. The zero-order valence-electron chi connectivity index (χ0n) is 10.5. The van der Waals surface area contributed by atoms with Crippen LogP contribution in [0.15, 0.2) is 16.5 Å². The summed E-state index contributed by atoms with van der Waals surface area (Å²) in [4.78, 5) is 2.53. The fourth-order valence-corrected chi connectivity index (χ4v) is 2.40. The standard InChI is InChI=1S/C13H22N2O/c1-4-12-7-14-10(2)8-15(12)9-13-6-5-11(3)16-13/h5-6,10,12,14H,4,7-9H2,1-3H3. The van der Waals surface area contributed by atoms with E-state index >= 15 is 0 Å². The third kappa shape index (κ3) is 2.66. The van der Waals surface area contributed by atoms with Crippen LogP contribution in [0, 0.1) is 6.92 Å². The number of nitrogens with one attached hydrogen (secondary N) is 1. The molecule has 1 fully saturated rings. The first-order valence-corrected chi connectivity index (χ1v) is 6.21. The van der Waals surface area contributed by atoms with Crippen LogP contribution < -0.4 is 5.32 Å². The molecule has 16 heavy (non-hydrogen) atoms. The molecule has 2 heterocycles. The van der Waals surface area contributed by atoms with E-state index in [0.717, 1.165) is 31.2 Å². The van der Waals surface area contributed by atoms with E-state index in [1.807, 2.05) is 13.0 Å². The summed E-state index contributed by atoms with van der Waals surface area (Å²) in [5, 5.41) is 3.53. The number of hydrogen-bond acceptors (Lipinski definition) is 3. The molecular weight excluding hydrogens is 200 g/mol. The molecule has 0 saturated carbocycles. The molecule has 2 unspecified atom stereocenters. The fraction of sp³-hybridized carbons (Fsp3) is 0.692. The Hall–Kier alpha value is -0.800. The quantitative estimate of drug-likeness (QED) is 0.849. The van der Waals surface area contributed by atoms with Crippen molar-refractivity contribution in [1.29, 1.82) is 0 Å². The van der Waals surface area contributed by atoms with Crippen molar-refractivity contribution in [3.8, 4) is 0 Å². The summed E-state index contributed by atoms with van der Waals surface area (Å²) >= 11 is 0. The van der Waals surface area contributed by atoms with Crippen molar-refractivity contribution in [2.45, 2.75) is 45.8 Å². The second kappa shape index (κ2) is 5.02. The molecule has 3 heteroatoms. The third-order valence-corrected chi connectivity index (χ3v) is 3.35. The van der Waals surface area contributed by atoms with E-state index in [1.54, 1.807) is 0 Å². The molecule has 1 N–H and O–H groups in total. The predicted molar refractivity (Wildman–Crippen MR) is 65.4 cm³/mol. The van der Waals surface area contributed by atoms with Crippen molar-refractivity contribution >= 4 is 0 Å². The van der Waals surface area contributed by atoms with Gasteiger partial charge in [0.2, 0.25) is 0 Å². The fourth-order valence-electron chi connectivity index (χ4n) is 2.40. The van der Waals surface area contributed by atoms with Crippen molar-refractivity contribution in [3.05, 3.63) is 23.7 Å². The van der Waals surface area contributed by atoms with Gasteiger partial charge in [-0.1, -0.05) is 6.92 Å². The molecule has 90 valence electrons. The average Bonchev–Trinajstić information content (AvgIpc) is 2.64. The van der Waals surface area contributed by atoms with Gasteiger partial charge in [-0.15, -0.1) is 0 Å². The lowest BCUT2D eigenvalue weighted by atomic mass is 10.1. The zero-order chi connectivity index (χ0) is 11.5. The van der Waals surface area contributed by atoms with Crippen molar-refractivity contribution in [2.75, 3.05) is 13.1 Å². The van der Waals surface area contributed by atoms with Crippen LogP contribution in [0.3, 0.4) is 0 Å². The topological polar surface area (TPSA) is 28.4 Å². The summed E-state index contributed by atoms with van der Waals surface area (Å²) in [5.41, 5.74) is 0. The lowest BCUT2D eigenvalue weighted by molar-refractivity contribution is 0.115. The van der Waals surface area contributed by atoms with Crippen LogP contribution >= 0.6 is 0 Å². The Balaban J connectivity index is 2.00. The van der Waals surface area contributed by atoms with E-state index in [2.05, 4.69) is 30.1 Å². The highest BCUT2D eigenvalue weighted by atomic mass is 16.3. The lowest BCUT2D eigenvalue weighted by Gasteiger charge is -2.38. The molecule has 1 aliphatic rings. The molecule has 2 rings (SSSR count). The van der Waals surface area contributed by atoms with Gasteiger partial charge < -0.3 is 9.73 Å². The SMILES string of the molecule is CCC1CNC(C)CN1Cc1ccc(C)o1. The maximum atomic E-state index is 5.65. The van der Waals surface area contributed by atoms with Crippen LogP contribution in [0.4, 0.5) is 0 Å². The highest BCUT2D eigenvalue weighted by Gasteiger charge is 2.24. The van der Waals surface area contributed by atoms with Crippen LogP contribution in [0.25, 0.3) is 0 Å². The minimum absolute atomic E-state index is 0.582. The van der Waals surface area contributed by atoms with Gasteiger partial charge in [-0.05, 0) is 32.4 Å². The number of piperazine rings is 1. The molecule has 1 saturated heterocycles. The predicted octanol–water partition coefficient (Wildman–Crippen LogP) is 2.16. The number of rotatable bonds is 3. The Bertz CT molecular complexity index is 334. The van der Waals surface area contributed by atoms with Gasteiger partial charge in [-0.2, -0.15) is 0 Å². The maximum Gasteiger partial charge on any atom is 0.118 e. The van der Waals surface area contributed by atoms with Crippen molar-refractivity contribution in [2.24, 2.45) is 0 Å². The van der Waals surface area contributed by atoms with E-state index in [0.29, 0.717) is 12.1 Å². The summed E-state index contributed by atoms with van der Waals surface area (Å²) in [6.07, 6.45) is 1.19. The summed E-state index contributed by atoms with van der Waals surface area (Å²) < 4.78 is 5.65. The van der Waals surface area contributed by atoms with Crippen LogP contribution in [0.1, 0.15) is 31.8 Å². The molecule has 3 nitrogen and oxygen atoms in total. The molecule has 1 aromatic heterocycles. The normalized spacial score (nSPS) is 27.2. The van der Waals surface area contributed by atoms with E-state index < -0.39 is 0 Å². The van der Waals surface area contributed by atoms with Crippen molar-refractivity contribution in [1.82, 2.24) is 10.2 Å². The molecule has 0 bridgehead atoms. The summed E-state index contributed by atoms with van der Waals surface area (Å²) in [7, 11) is 0. The molecule has 1 aliphatic heterocycles. The van der Waals surface area contributed by atoms with Gasteiger partial charge in [0.1, 0.15) is 11.5 Å². The first kappa shape index (κ1) is 11.7. The van der Waals surface area contributed by atoms with E-state index in [1.165, 1.54) is 6.42 Å². The third-order valence-electron chi connectivity index (χ3n) is 3.35. The number of hydrogen-bond donors (Lipinski definition) is 1. The second-order valence-corrected chi connectivity index (χ2v) is 4.81. The van der Waals surface area contributed by atoms with Gasteiger partial charge in [-0.25, -0.2) is 0 Å². The Morgan fingerprint density at radius 2 is 2.31 bits per heavy atom. The average molecular weight is 222 g/mol. The second-order valence-electron chi connectivity index (χ2n) is 4.81. The highest BCUT2D eigenvalue weighted by Crippen LogP contribution is 2.16. The van der Waals surface area contributed by atoms with Gasteiger partial charge in [0.15, 0.2) is 0 Å². The van der Waals surface area contributed by atoms with Gasteiger partial charge in [-0.3, -0.25) is 4.90 Å². The van der Waals surface area contributed by atoms with Crippen molar-refractivity contribution in [3.63, 3.8) is 0 Å². The van der Waals surface area contributed by atoms with Gasteiger partial charge in [0.05, 0.1) is 6.54 Å². The molecule has 0 amide bonds. The summed E-state index contributed by atoms with van der Waals surface area (Å²) in [6.45, 7) is 9.64.